The van der Waals surface area contributed by atoms with Gasteiger partial charge in [-0.3, -0.25) is 4.79 Å². The van der Waals surface area contributed by atoms with Crippen LogP contribution < -0.4 is 0 Å². The fraction of sp³-hybridized carbons (Fsp3) is 0.762. The van der Waals surface area contributed by atoms with E-state index in [1.54, 1.807) is 7.11 Å². The molecule has 3 rings (SSSR count). The van der Waals surface area contributed by atoms with Crippen molar-refractivity contribution in [2.45, 2.75) is 65.9 Å². The molecule has 0 aliphatic heterocycles. The number of hydrogen-bond donors (Lipinski definition) is 1. The van der Waals surface area contributed by atoms with Gasteiger partial charge in [-0.2, -0.15) is 0 Å². The van der Waals surface area contributed by atoms with E-state index in [-0.39, 0.29) is 17.4 Å². The van der Waals surface area contributed by atoms with Crippen LogP contribution >= 0.6 is 0 Å². The van der Waals surface area contributed by atoms with Crippen molar-refractivity contribution < 1.29 is 14.6 Å². The first kappa shape index (κ1) is 17.7. The standard InChI is InChI=1S/C21H32O3/c1-13(2)15-11-14-7-8-18-20(3,16(14)12-17(15)24-5)9-6-10-21(18,4)19(22)23/h7,11,13,16-18H,6,8-10,12H2,1-5H3,(H,22,23)/t16?,17?,18?,20-,21-/m1/s1. The van der Waals surface area contributed by atoms with E-state index in [0.29, 0.717) is 11.8 Å². The fourth-order valence-electron chi connectivity index (χ4n) is 5.86. The zero-order valence-corrected chi connectivity index (χ0v) is 15.8. The third-order valence-electron chi connectivity index (χ3n) is 7.36. The Labute approximate surface area is 146 Å². The molecule has 3 unspecified atom stereocenters. The molecule has 3 aliphatic carbocycles. The number of carboxylic acids is 1. The van der Waals surface area contributed by atoms with E-state index in [9.17, 15) is 9.90 Å². The molecule has 24 heavy (non-hydrogen) atoms. The molecule has 0 radical (unpaired) electrons. The number of methoxy groups -OCH3 is 1. The highest BCUT2D eigenvalue weighted by molar-refractivity contribution is 5.75. The summed E-state index contributed by atoms with van der Waals surface area (Å²) in [6.07, 6.45) is 9.69. The number of allylic oxidation sites excluding steroid dienone is 3. The first-order chi connectivity index (χ1) is 11.2. The summed E-state index contributed by atoms with van der Waals surface area (Å²) in [4.78, 5) is 12.0. The molecule has 0 amide bonds. The van der Waals surface area contributed by atoms with E-state index < -0.39 is 11.4 Å². The molecule has 0 heterocycles. The second-order valence-corrected chi connectivity index (χ2v) is 8.89. The topological polar surface area (TPSA) is 46.5 Å². The van der Waals surface area contributed by atoms with Crippen molar-refractivity contribution >= 4 is 5.97 Å². The van der Waals surface area contributed by atoms with E-state index in [1.807, 2.05) is 6.92 Å². The van der Waals surface area contributed by atoms with Crippen LogP contribution in [0.15, 0.2) is 23.3 Å². The van der Waals surface area contributed by atoms with Gasteiger partial charge in [0.2, 0.25) is 0 Å². The third kappa shape index (κ3) is 2.47. The smallest absolute Gasteiger partial charge is 0.309 e. The first-order valence-electron chi connectivity index (χ1n) is 9.41. The van der Waals surface area contributed by atoms with Gasteiger partial charge in [-0.25, -0.2) is 0 Å². The molecule has 1 N–H and O–H groups in total. The molecule has 3 aliphatic rings. The zero-order chi connectivity index (χ0) is 17.7. The van der Waals surface area contributed by atoms with Crippen molar-refractivity contribution in [2.24, 2.45) is 28.6 Å². The van der Waals surface area contributed by atoms with Gasteiger partial charge in [0.15, 0.2) is 0 Å². The molecule has 5 atom stereocenters. The van der Waals surface area contributed by atoms with Crippen molar-refractivity contribution in [3.8, 4) is 0 Å². The molecule has 0 aromatic heterocycles. The second kappa shape index (κ2) is 6.01. The third-order valence-corrected chi connectivity index (χ3v) is 7.36. The number of hydrogen-bond acceptors (Lipinski definition) is 2. The Morgan fingerprint density at radius 3 is 2.62 bits per heavy atom. The van der Waals surface area contributed by atoms with Gasteiger partial charge in [0.1, 0.15) is 0 Å². The summed E-state index contributed by atoms with van der Waals surface area (Å²) in [7, 11) is 1.81. The number of carboxylic acid groups (broad SMARTS) is 1. The van der Waals surface area contributed by atoms with E-state index >= 15 is 0 Å². The summed E-state index contributed by atoms with van der Waals surface area (Å²) in [5, 5.41) is 9.90. The Kier molecular flexibility index (Phi) is 4.44. The maximum absolute atomic E-state index is 12.0. The van der Waals surface area contributed by atoms with Crippen LogP contribution in [-0.2, 0) is 9.53 Å². The summed E-state index contributed by atoms with van der Waals surface area (Å²) in [5.74, 6) is 0.505. The molecule has 1 saturated carbocycles. The number of aliphatic carboxylic acids is 1. The van der Waals surface area contributed by atoms with Crippen LogP contribution in [-0.4, -0.2) is 24.3 Å². The molecule has 134 valence electrons. The first-order valence-corrected chi connectivity index (χ1v) is 9.41. The Morgan fingerprint density at radius 2 is 2.04 bits per heavy atom. The van der Waals surface area contributed by atoms with Crippen LogP contribution in [0, 0.1) is 28.6 Å². The predicted octanol–water partition coefficient (Wildman–Crippen LogP) is 4.83. The fourth-order valence-corrected chi connectivity index (χ4v) is 5.86. The molecule has 3 nitrogen and oxygen atoms in total. The van der Waals surface area contributed by atoms with Crippen LogP contribution in [0.3, 0.4) is 0 Å². The highest BCUT2D eigenvalue weighted by Gasteiger charge is 2.57. The van der Waals surface area contributed by atoms with Crippen LogP contribution in [0.4, 0.5) is 0 Å². The number of carbonyl (C=O) groups is 1. The average molecular weight is 332 g/mol. The monoisotopic (exact) mass is 332 g/mol. The molecule has 0 aromatic rings. The maximum atomic E-state index is 12.0. The van der Waals surface area contributed by atoms with Crippen molar-refractivity contribution in [2.75, 3.05) is 7.11 Å². The summed E-state index contributed by atoms with van der Waals surface area (Å²) < 4.78 is 5.83. The van der Waals surface area contributed by atoms with E-state index in [0.717, 1.165) is 32.1 Å². The second-order valence-electron chi connectivity index (χ2n) is 8.89. The SMILES string of the molecule is COC1CC2C(=CCC3[C@]2(C)CCC[C@@]3(C)C(=O)O)C=C1C(C)C. The zero-order valence-electron chi connectivity index (χ0n) is 15.8. The Bertz CT molecular complexity index is 588. The minimum absolute atomic E-state index is 0.0608. The predicted molar refractivity (Wildman–Crippen MR) is 95.7 cm³/mol. The molecule has 3 heteroatoms. The van der Waals surface area contributed by atoms with Gasteiger partial charge in [0.05, 0.1) is 11.5 Å². The van der Waals surface area contributed by atoms with Gasteiger partial charge in [0.25, 0.3) is 0 Å². The summed E-state index contributed by atoms with van der Waals surface area (Å²) in [6.45, 7) is 8.78. The minimum atomic E-state index is -0.618. The Morgan fingerprint density at radius 1 is 1.33 bits per heavy atom. The quantitative estimate of drug-likeness (QED) is 0.805. The van der Waals surface area contributed by atoms with Crippen LogP contribution in [0.1, 0.15) is 59.8 Å². The lowest BCUT2D eigenvalue weighted by molar-refractivity contribution is -0.163. The largest absolute Gasteiger partial charge is 0.481 e. The summed E-state index contributed by atoms with van der Waals surface area (Å²) >= 11 is 0. The molecule has 0 saturated heterocycles. The number of fused-ring (bicyclic) bond motifs is 3. The van der Waals surface area contributed by atoms with Gasteiger partial charge >= 0.3 is 5.97 Å². The highest BCUT2D eigenvalue weighted by Crippen LogP contribution is 2.62. The van der Waals surface area contributed by atoms with E-state index in [4.69, 9.17) is 4.74 Å². The number of rotatable bonds is 3. The lowest BCUT2D eigenvalue weighted by atomic mass is 9.46. The summed E-state index contributed by atoms with van der Waals surface area (Å²) in [5.41, 5.74) is 2.28. The minimum Gasteiger partial charge on any atom is -0.481 e. The van der Waals surface area contributed by atoms with E-state index in [2.05, 4.69) is 32.9 Å². The van der Waals surface area contributed by atoms with Gasteiger partial charge < -0.3 is 9.84 Å². The Hall–Kier alpha value is -1.09. The van der Waals surface area contributed by atoms with Crippen molar-refractivity contribution in [1.82, 2.24) is 0 Å². The van der Waals surface area contributed by atoms with E-state index in [1.165, 1.54) is 11.1 Å². The molecular weight excluding hydrogens is 300 g/mol. The summed E-state index contributed by atoms with van der Waals surface area (Å²) in [6, 6.07) is 0. The van der Waals surface area contributed by atoms with Gasteiger partial charge in [-0.15, -0.1) is 0 Å². The van der Waals surface area contributed by atoms with Crippen LogP contribution in [0.2, 0.25) is 0 Å². The van der Waals surface area contributed by atoms with Crippen molar-refractivity contribution in [1.29, 1.82) is 0 Å². The van der Waals surface area contributed by atoms with Crippen molar-refractivity contribution in [3.63, 3.8) is 0 Å². The van der Waals surface area contributed by atoms with Gasteiger partial charge in [0, 0.05) is 7.11 Å². The average Bonchev–Trinajstić information content (AvgIpc) is 2.53. The molecule has 0 spiro atoms. The molecule has 1 fully saturated rings. The van der Waals surface area contributed by atoms with Crippen LogP contribution in [0.25, 0.3) is 0 Å². The van der Waals surface area contributed by atoms with Gasteiger partial charge in [-0.1, -0.05) is 39.3 Å². The molecule has 0 bridgehead atoms. The molecular formula is C21H32O3. The van der Waals surface area contributed by atoms with Crippen molar-refractivity contribution in [3.05, 3.63) is 23.3 Å². The van der Waals surface area contributed by atoms with Gasteiger partial charge in [-0.05, 0) is 66.9 Å². The maximum Gasteiger partial charge on any atom is 0.309 e. The molecule has 0 aromatic carbocycles. The lowest BCUT2D eigenvalue weighted by Gasteiger charge is -2.57. The normalized spacial score (nSPS) is 42.0. The van der Waals surface area contributed by atoms with Crippen LogP contribution in [0.5, 0.6) is 0 Å². The Balaban J connectivity index is 2.04. The highest BCUT2D eigenvalue weighted by atomic mass is 16.5. The lowest BCUT2D eigenvalue weighted by Crippen LogP contribution is -2.53. The number of ether oxygens (including phenoxy) is 1.